The predicted octanol–water partition coefficient (Wildman–Crippen LogP) is 4.44. The molecule has 6 nitrogen and oxygen atoms in total. The number of carbonyl (C=O) groups excluding carboxylic acids is 1. The van der Waals surface area contributed by atoms with Crippen LogP contribution in [0.25, 0.3) is 11.6 Å². The van der Waals surface area contributed by atoms with Crippen LogP contribution in [0.1, 0.15) is 30.8 Å². The second kappa shape index (κ2) is 10.3. The average molecular weight is 406 g/mol. The molecule has 0 aliphatic rings. The van der Waals surface area contributed by atoms with E-state index in [2.05, 4.69) is 4.98 Å². The zero-order valence-electron chi connectivity index (χ0n) is 17.5. The molecule has 0 radical (unpaired) electrons. The highest BCUT2D eigenvalue weighted by Gasteiger charge is 2.19. The van der Waals surface area contributed by atoms with Gasteiger partial charge in [-0.2, -0.15) is 0 Å². The SMILES string of the molecule is CCOC(=O)/C(=C/c1ccc(OCC)c(OC)c1)c1nccn1Cc1ccccc1. The molecule has 0 unspecified atom stereocenters. The van der Waals surface area contributed by atoms with E-state index in [0.717, 1.165) is 11.1 Å². The van der Waals surface area contributed by atoms with Gasteiger partial charge in [0, 0.05) is 18.9 Å². The maximum absolute atomic E-state index is 12.8. The summed E-state index contributed by atoms with van der Waals surface area (Å²) < 4.78 is 18.3. The molecule has 3 rings (SSSR count). The van der Waals surface area contributed by atoms with Crippen molar-refractivity contribution in [2.45, 2.75) is 20.4 Å². The second-order valence-electron chi connectivity index (χ2n) is 6.49. The molecule has 2 aromatic carbocycles. The average Bonchev–Trinajstić information content (AvgIpc) is 3.21. The normalized spacial score (nSPS) is 11.2. The maximum Gasteiger partial charge on any atom is 0.341 e. The van der Waals surface area contributed by atoms with Gasteiger partial charge in [0.1, 0.15) is 11.4 Å². The number of benzene rings is 2. The first-order valence-electron chi connectivity index (χ1n) is 9.91. The van der Waals surface area contributed by atoms with E-state index in [-0.39, 0.29) is 6.61 Å². The van der Waals surface area contributed by atoms with Gasteiger partial charge >= 0.3 is 5.97 Å². The van der Waals surface area contributed by atoms with Crippen LogP contribution in [0.2, 0.25) is 0 Å². The molecule has 0 bridgehead atoms. The van der Waals surface area contributed by atoms with Crippen molar-refractivity contribution < 1.29 is 19.0 Å². The molecule has 1 aromatic heterocycles. The van der Waals surface area contributed by atoms with Crippen LogP contribution in [0.3, 0.4) is 0 Å². The quantitative estimate of drug-likeness (QED) is 0.388. The largest absolute Gasteiger partial charge is 0.493 e. The molecule has 1 heterocycles. The van der Waals surface area contributed by atoms with Crippen molar-refractivity contribution in [2.75, 3.05) is 20.3 Å². The third-order valence-electron chi connectivity index (χ3n) is 4.45. The zero-order chi connectivity index (χ0) is 21.3. The summed E-state index contributed by atoms with van der Waals surface area (Å²) in [6, 6.07) is 15.5. The smallest absolute Gasteiger partial charge is 0.341 e. The minimum absolute atomic E-state index is 0.280. The number of methoxy groups -OCH3 is 1. The third-order valence-corrected chi connectivity index (χ3v) is 4.45. The number of hydrogen-bond donors (Lipinski definition) is 0. The van der Waals surface area contributed by atoms with Crippen LogP contribution in [0.5, 0.6) is 11.5 Å². The molecule has 0 aliphatic heterocycles. The van der Waals surface area contributed by atoms with E-state index in [1.54, 1.807) is 26.3 Å². The first-order valence-corrected chi connectivity index (χ1v) is 9.91. The Morgan fingerprint density at radius 3 is 2.57 bits per heavy atom. The van der Waals surface area contributed by atoms with Gasteiger partial charge in [-0.3, -0.25) is 0 Å². The summed E-state index contributed by atoms with van der Waals surface area (Å²) in [5, 5.41) is 0. The van der Waals surface area contributed by atoms with Crippen molar-refractivity contribution in [1.29, 1.82) is 0 Å². The first-order chi connectivity index (χ1) is 14.7. The lowest BCUT2D eigenvalue weighted by molar-refractivity contribution is -0.136. The van der Waals surface area contributed by atoms with E-state index < -0.39 is 5.97 Å². The molecule has 3 aromatic rings. The van der Waals surface area contributed by atoms with E-state index in [1.165, 1.54) is 0 Å². The molecule has 0 amide bonds. The fourth-order valence-electron chi connectivity index (χ4n) is 3.10. The molecular weight excluding hydrogens is 380 g/mol. The highest BCUT2D eigenvalue weighted by Crippen LogP contribution is 2.30. The lowest BCUT2D eigenvalue weighted by Gasteiger charge is -2.12. The van der Waals surface area contributed by atoms with Crippen molar-refractivity contribution in [3.8, 4) is 11.5 Å². The maximum atomic E-state index is 12.8. The van der Waals surface area contributed by atoms with Gasteiger partial charge in [0.25, 0.3) is 0 Å². The number of nitrogens with zero attached hydrogens (tertiary/aromatic N) is 2. The van der Waals surface area contributed by atoms with E-state index in [1.807, 2.05) is 66.2 Å². The summed E-state index contributed by atoms with van der Waals surface area (Å²) in [7, 11) is 1.59. The Bertz CT molecular complexity index is 1010. The molecule has 0 N–H and O–H groups in total. The summed E-state index contributed by atoms with van der Waals surface area (Å²) in [5.41, 5.74) is 2.28. The van der Waals surface area contributed by atoms with Gasteiger partial charge < -0.3 is 18.8 Å². The Kier molecular flexibility index (Phi) is 7.27. The van der Waals surface area contributed by atoms with E-state index >= 15 is 0 Å². The fourth-order valence-corrected chi connectivity index (χ4v) is 3.10. The minimum atomic E-state index is -0.425. The first kappa shape index (κ1) is 21.2. The number of ether oxygens (including phenoxy) is 3. The van der Waals surface area contributed by atoms with Gasteiger partial charge in [-0.15, -0.1) is 0 Å². The van der Waals surface area contributed by atoms with Gasteiger partial charge in [-0.25, -0.2) is 9.78 Å². The van der Waals surface area contributed by atoms with Gasteiger partial charge in [0.05, 0.1) is 20.3 Å². The summed E-state index contributed by atoms with van der Waals surface area (Å²) in [6.07, 6.45) is 5.30. The van der Waals surface area contributed by atoms with Crippen molar-refractivity contribution >= 4 is 17.6 Å². The molecule has 0 atom stereocenters. The molecule has 0 saturated carbocycles. The Morgan fingerprint density at radius 2 is 1.87 bits per heavy atom. The lowest BCUT2D eigenvalue weighted by atomic mass is 10.1. The van der Waals surface area contributed by atoms with Crippen molar-refractivity contribution in [3.05, 3.63) is 77.9 Å². The lowest BCUT2D eigenvalue weighted by Crippen LogP contribution is -2.12. The minimum Gasteiger partial charge on any atom is -0.493 e. The topological polar surface area (TPSA) is 62.6 Å². The van der Waals surface area contributed by atoms with Crippen molar-refractivity contribution in [2.24, 2.45) is 0 Å². The highest BCUT2D eigenvalue weighted by atomic mass is 16.5. The fraction of sp³-hybridized carbons (Fsp3) is 0.250. The van der Waals surface area contributed by atoms with Gasteiger partial charge in [0.15, 0.2) is 11.5 Å². The zero-order valence-corrected chi connectivity index (χ0v) is 17.5. The Morgan fingerprint density at radius 1 is 1.07 bits per heavy atom. The molecule has 0 spiro atoms. The predicted molar refractivity (Wildman–Crippen MR) is 116 cm³/mol. The van der Waals surface area contributed by atoms with Crippen LogP contribution in [0.4, 0.5) is 0 Å². The van der Waals surface area contributed by atoms with E-state index in [0.29, 0.717) is 36.0 Å². The number of esters is 1. The van der Waals surface area contributed by atoms with Crippen LogP contribution in [-0.4, -0.2) is 35.8 Å². The van der Waals surface area contributed by atoms with Crippen LogP contribution >= 0.6 is 0 Å². The second-order valence-corrected chi connectivity index (χ2v) is 6.49. The van der Waals surface area contributed by atoms with Gasteiger partial charge in [0.2, 0.25) is 0 Å². The van der Waals surface area contributed by atoms with E-state index in [4.69, 9.17) is 14.2 Å². The number of carbonyl (C=O) groups is 1. The highest BCUT2D eigenvalue weighted by molar-refractivity contribution is 6.20. The molecular formula is C24H26N2O4. The third kappa shape index (κ3) is 5.08. The molecule has 6 heteroatoms. The Labute approximate surface area is 176 Å². The summed E-state index contributed by atoms with van der Waals surface area (Å²) >= 11 is 0. The standard InChI is InChI=1S/C24H26N2O4/c1-4-29-21-12-11-19(16-22(21)28-3)15-20(24(27)30-5-2)23-25-13-14-26(23)17-18-9-7-6-8-10-18/h6-16H,4-5,17H2,1-3H3/b20-15+. The molecule has 30 heavy (non-hydrogen) atoms. The van der Waals surface area contributed by atoms with Crippen LogP contribution in [0.15, 0.2) is 60.9 Å². The van der Waals surface area contributed by atoms with Gasteiger partial charge in [-0.1, -0.05) is 36.4 Å². The number of rotatable bonds is 9. The molecule has 0 fully saturated rings. The number of imidazole rings is 1. The molecule has 0 aliphatic carbocycles. The van der Waals surface area contributed by atoms with Crippen LogP contribution in [0, 0.1) is 0 Å². The summed E-state index contributed by atoms with van der Waals surface area (Å²) in [5.74, 6) is 1.37. The van der Waals surface area contributed by atoms with Crippen molar-refractivity contribution in [1.82, 2.24) is 9.55 Å². The van der Waals surface area contributed by atoms with Gasteiger partial charge in [-0.05, 0) is 43.2 Å². The summed E-state index contributed by atoms with van der Waals surface area (Å²) in [6.45, 7) is 5.11. The Balaban J connectivity index is 2.01. The number of hydrogen-bond acceptors (Lipinski definition) is 5. The monoisotopic (exact) mass is 406 g/mol. The van der Waals surface area contributed by atoms with E-state index in [9.17, 15) is 4.79 Å². The molecule has 0 saturated heterocycles. The van der Waals surface area contributed by atoms with Crippen LogP contribution in [-0.2, 0) is 16.1 Å². The summed E-state index contributed by atoms with van der Waals surface area (Å²) in [4.78, 5) is 17.2. The number of aromatic nitrogens is 2. The van der Waals surface area contributed by atoms with Crippen molar-refractivity contribution in [3.63, 3.8) is 0 Å². The van der Waals surface area contributed by atoms with Crippen LogP contribution < -0.4 is 9.47 Å². The Hall–Kier alpha value is -3.54. The molecule has 156 valence electrons.